The van der Waals surface area contributed by atoms with Crippen LogP contribution in [0.3, 0.4) is 0 Å². The normalized spacial score (nSPS) is 10.3. The number of aryl methyl sites for hydroxylation is 1. The number of hydrogen-bond acceptors (Lipinski definition) is 1. The summed E-state index contributed by atoms with van der Waals surface area (Å²) in [5.74, 6) is 0. The number of alkyl halides is 1. The number of hydrogen-bond donors (Lipinski definition) is 0. The molecule has 0 bridgehead atoms. The van der Waals surface area contributed by atoms with Crippen LogP contribution < -0.4 is 0 Å². The Bertz CT molecular complexity index is 235. The molecule has 0 fully saturated rings. The molecular weight excluding hydrogens is 268 g/mol. The fourth-order valence-electron chi connectivity index (χ4n) is 1.13. The highest BCUT2D eigenvalue weighted by molar-refractivity contribution is 9.09. The molecule has 1 aromatic rings. The average Bonchev–Trinajstić information content (AvgIpc) is 2.19. The van der Waals surface area contributed by atoms with E-state index in [0.29, 0.717) is 0 Å². The zero-order valence-corrected chi connectivity index (χ0v) is 10.5. The summed E-state index contributed by atoms with van der Waals surface area (Å²) in [6, 6.07) is 8.44. The minimum atomic E-state index is 1.10. The van der Waals surface area contributed by atoms with Crippen molar-refractivity contribution in [3.05, 3.63) is 29.8 Å². The largest absolute Gasteiger partial charge is 0.0928 e. The number of halogens is 2. The van der Waals surface area contributed by atoms with Gasteiger partial charge in [-0.15, -0.1) is 0 Å². The minimum absolute atomic E-state index is 1.10. The first-order valence-corrected chi connectivity index (χ1v) is 7.06. The summed E-state index contributed by atoms with van der Waals surface area (Å²) in [6.45, 7) is 0. The molecule has 1 aromatic carbocycles. The van der Waals surface area contributed by atoms with Crippen molar-refractivity contribution in [1.29, 1.82) is 0 Å². The van der Waals surface area contributed by atoms with Crippen LogP contribution in [0.1, 0.15) is 18.4 Å². The second-order valence-corrected chi connectivity index (χ2v) is 4.75. The highest BCUT2D eigenvalue weighted by Gasteiger charge is 1.94. The van der Waals surface area contributed by atoms with Crippen LogP contribution in [-0.4, -0.2) is 5.33 Å². The predicted octanol–water partition coefficient (Wildman–Crippen LogP) is 4.65. The van der Waals surface area contributed by atoms with Crippen LogP contribution in [0, 0.1) is 0 Å². The molecule has 0 amide bonds. The van der Waals surface area contributed by atoms with E-state index in [9.17, 15) is 0 Å². The fourth-order valence-corrected chi connectivity index (χ4v) is 2.08. The van der Waals surface area contributed by atoms with E-state index in [1.165, 1.54) is 35.8 Å². The lowest BCUT2D eigenvalue weighted by atomic mass is 10.1. The van der Waals surface area contributed by atoms with E-state index < -0.39 is 0 Å². The molecule has 0 unspecified atom stereocenters. The van der Waals surface area contributed by atoms with Crippen molar-refractivity contribution in [2.75, 3.05) is 5.33 Å². The quantitative estimate of drug-likeness (QED) is 0.558. The summed E-state index contributed by atoms with van der Waals surface area (Å²) in [5.41, 5.74) is 1.40. The van der Waals surface area contributed by atoms with Gasteiger partial charge in [0.25, 0.3) is 0 Å². The Morgan fingerprint density at radius 1 is 1.15 bits per heavy atom. The topological polar surface area (TPSA) is 0 Å². The molecule has 3 heteroatoms. The number of rotatable bonds is 5. The summed E-state index contributed by atoms with van der Waals surface area (Å²) in [4.78, 5) is 1.12. The van der Waals surface area contributed by atoms with Crippen LogP contribution in [0.4, 0.5) is 0 Å². The maximum absolute atomic E-state index is 5.62. The smallest absolute Gasteiger partial charge is 0.0233 e. The maximum atomic E-state index is 5.62. The zero-order valence-electron chi connectivity index (χ0n) is 7.30. The lowest BCUT2D eigenvalue weighted by molar-refractivity contribution is 0.805. The van der Waals surface area contributed by atoms with Crippen molar-refractivity contribution in [2.45, 2.75) is 24.2 Å². The van der Waals surface area contributed by atoms with Crippen molar-refractivity contribution < 1.29 is 0 Å². The molecule has 0 aliphatic rings. The number of benzene rings is 1. The van der Waals surface area contributed by atoms with E-state index in [1.54, 1.807) is 0 Å². The van der Waals surface area contributed by atoms with E-state index in [1.807, 2.05) is 0 Å². The van der Waals surface area contributed by atoms with E-state index >= 15 is 0 Å². The lowest BCUT2D eigenvalue weighted by Crippen LogP contribution is -1.85. The first-order valence-electron chi connectivity index (χ1n) is 4.30. The molecule has 13 heavy (non-hydrogen) atoms. The molecule has 1 rings (SSSR count). The molecule has 0 saturated carbocycles. The van der Waals surface area contributed by atoms with Crippen molar-refractivity contribution in [3.8, 4) is 0 Å². The Hall–Kier alpha value is 0.340. The van der Waals surface area contributed by atoms with Gasteiger partial charge in [0, 0.05) is 10.2 Å². The van der Waals surface area contributed by atoms with Crippen LogP contribution in [0.2, 0.25) is 0 Å². The van der Waals surface area contributed by atoms with Gasteiger partial charge in [-0.1, -0.05) is 28.1 Å². The predicted molar refractivity (Wildman–Crippen MR) is 64.9 cm³/mol. The van der Waals surface area contributed by atoms with Gasteiger partial charge >= 0.3 is 0 Å². The third kappa shape index (κ3) is 4.39. The van der Waals surface area contributed by atoms with Crippen molar-refractivity contribution in [3.63, 3.8) is 0 Å². The van der Waals surface area contributed by atoms with Gasteiger partial charge in [-0.05, 0) is 58.6 Å². The van der Waals surface area contributed by atoms with Crippen molar-refractivity contribution >= 4 is 37.6 Å². The molecule has 0 N–H and O–H groups in total. The van der Waals surface area contributed by atoms with E-state index in [0.717, 1.165) is 10.2 Å². The molecule has 72 valence electrons. The standard InChI is InChI=1S/C10H12BrClS/c11-8-2-1-3-9-4-6-10(13-12)7-5-9/h4-7H,1-3,8H2. The van der Waals surface area contributed by atoms with Crippen LogP contribution in [0.15, 0.2) is 29.2 Å². The second kappa shape index (κ2) is 6.74. The molecule has 0 heterocycles. The van der Waals surface area contributed by atoms with E-state index in [2.05, 4.69) is 40.2 Å². The Labute approximate surface area is 96.7 Å². The fraction of sp³-hybridized carbons (Fsp3) is 0.400. The molecule has 0 aliphatic heterocycles. The summed E-state index contributed by atoms with van der Waals surface area (Å²) < 4.78 is 0. The van der Waals surface area contributed by atoms with Gasteiger partial charge in [0.05, 0.1) is 0 Å². The Morgan fingerprint density at radius 2 is 1.85 bits per heavy atom. The Balaban J connectivity index is 2.40. The van der Waals surface area contributed by atoms with Gasteiger partial charge in [-0.3, -0.25) is 0 Å². The highest BCUT2D eigenvalue weighted by atomic mass is 79.9. The number of unbranched alkanes of at least 4 members (excludes halogenated alkanes) is 1. The SMILES string of the molecule is ClSc1ccc(CCCCBr)cc1. The van der Waals surface area contributed by atoms with Crippen LogP contribution in [-0.2, 0) is 6.42 Å². The van der Waals surface area contributed by atoms with Crippen molar-refractivity contribution in [2.24, 2.45) is 0 Å². The monoisotopic (exact) mass is 278 g/mol. The van der Waals surface area contributed by atoms with Crippen LogP contribution in [0.25, 0.3) is 0 Å². The summed E-state index contributed by atoms with van der Waals surface area (Å²) in [5, 5.41) is 1.10. The Morgan fingerprint density at radius 3 is 2.38 bits per heavy atom. The summed E-state index contributed by atoms with van der Waals surface area (Å²) in [7, 11) is 6.89. The minimum Gasteiger partial charge on any atom is -0.0928 e. The van der Waals surface area contributed by atoms with Gasteiger partial charge in [0.15, 0.2) is 0 Å². The second-order valence-electron chi connectivity index (χ2n) is 2.87. The molecule has 0 spiro atoms. The van der Waals surface area contributed by atoms with Crippen molar-refractivity contribution in [1.82, 2.24) is 0 Å². The zero-order chi connectivity index (χ0) is 9.52. The summed E-state index contributed by atoms with van der Waals surface area (Å²) in [6.07, 6.45) is 3.66. The van der Waals surface area contributed by atoms with Gasteiger partial charge in [-0.25, -0.2) is 0 Å². The third-order valence-corrected chi connectivity index (χ3v) is 3.41. The first-order chi connectivity index (χ1) is 6.36. The van der Waals surface area contributed by atoms with E-state index in [-0.39, 0.29) is 0 Å². The third-order valence-electron chi connectivity index (χ3n) is 1.86. The molecule has 0 aliphatic carbocycles. The molecule has 0 saturated heterocycles. The van der Waals surface area contributed by atoms with Gasteiger partial charge in [-0.2, -0.15) is 0 Å². The van der Waals surface area contributed by atoms with Crippen LogP contribution >= 0.6 is 37.6 Å². The highest BCUT2D eigenvalue weighted by Crippen LogP contribution is 2.22. The van der Waals surface area contributed by atoms with Crippen LogP contribution in [0.5, 0.6) is 0 Å². The Kier molecular flexibility index (Phi) is 5.92. The molecule has 0 atom stereocenters. The molecular formula is C10H12BrClS. The average molecular weight is 280 g/mol. The summed E-state index contributed by atoms with van der Waals surface area (Å²) >= 11 is 3.42. The van der Waals surface area contributed by atoms with Gasteiger partial charge in [0.2, 0.25) is 0 Å². The van der Waals surface area contributed by atoms with Gasteiger partial charge < -0.3 is 0 Å². The maximum Gasteiger partial charge on any atom is 0.0233 e. The van der Waals surface area contributed by atoms with Gasteiger partial charge in [0.1, 0.15) is 0 Å². The first kappa shape index (κ1) is 11.4. The lowest BCUT2D eigenvalue weighted by Gasteiger charge is -2.00. The molecule has 0 radical (unpaired) electrons. The van der Waals surface area contributed by atoms with E-state index in [4.69, 9.17) is 10.7 Å². The molecule has 0 nitrogen and oxygen atoms in total. The molecule has 0 aromatic heterocycles.